The van der Waals surface area contributed by atoms with Crippen molar-refractivity contribution < 1.29 is 14.3 Å². The summed E-state index contributed by atoms with van der Waals surface area (Å²) in [7, 11) is 1.23. The molecule has 0 aromatic heterocycles. The summed E-state index contributed by atoms with van der Waals surface area (Å²) in [5, 5.41) is 0. The normalized spacial score (nSPS) is 27.2. The lowest BCUT2D eigenvalue weighted by Crippen LogP contribution is -2.48. The molecule has 4 nitrogen and oxygen atoms in total. The van der Waals surface area contributed by atoms with Gasteiger partial charge < -0.3 is 9.64 Å². The third-order valence-corrected chi connectivity index (χ3v) is 2.99. The third kappa shape index (κ3) is 2.05. The van der Waals surface area contributed by atoms with Gasteiger partial charge >= 0.3 is 11.9 Å². The van der Waals surface area contributed by atoms with E-state index in [0.29, 0.717) is 12.5 Å². The molecule has 1 aliphatic rings. The second-order valence-electron chi connectivity index (χ2n) is 3.85. The summed E-state index contributed by atoms with van der Waals surface area (Å²) in [6.45, 7) is 4.74. The molecule has 1 saturated heterocycles. The summed E-state index contributed by atoms with van der Waals surface area (Å²) in [5.74, 6) is -0.810. The molecule has 0 saturated carbocycles. The topological polar surface area (TPSA) is 46.6 Å². The molecule has 4 heteroatoms. The molecule has 1 rings (SSSR count). The van der Waals surface area contributed by atoms with Gasteiger partial charge in [-0.25, -0.2) is 4.79 Å². The summed E-state index contributed by atoms with van der Waals surface area (Å²) in [6.07, 6.45) is 2.08. The molecule has 0 N–H and O–H groups in total. The summed E-state index contributed by atoms with van der Waals surface area (Å²) in [6, 6.07) is 0.135. The number of carbonyl (C=O) groups is 2. The molecule has 0 spiro atoms. The zero-order chi connectivity index (χ0) is 10.7. The Labute approximate surface area is 84.2 Å². The Morgan fingerprint density at radius 3 is 2.57 bits per heavy atom. The number of hydrogen-bond acceptors (Lipinski definition) is 3. The van der Waals surface area contributed by atoms with Crippen molar-refractivity contribution in [3.8, 4) is 0 Å². The molecule has 2 atom stereocenters. The predicted octanol–water partition coefficient (Wildman–Crippen LogP) is 0.806. The fourth-order valence-corrected chi connectivity index (χ4v) is 1.83. The van der Waals surface area contributed by atoms with Crippen LogP contribution in [0.5, 0.6) is 0 Å². The first kappa shape index (κ1) is 11.0. The van der Waals surface area contributed by atoms with E-state index in [2.05, 4.69) is 11.7 Å². The summed E-state index contributed by atoms with van der Waals surface area (Å²) >= 11 is 0. The predicted molar refractivity (Wildman–Crippen MR) is 51.6 cm³/mol. The van der Waals surface area contributed by atoms with E-state index in [1.54, 1.807) is 4.90 Å². The first-order chi connectivity index (χ1) is 6.57. The van der Waals surface area contributed by atoms with Crippen LogP contribution in [-0.4, -0.2) is 36.5 Å². The van der Waals surface area contributed by atoms with Gasteiger partial charge in [-0.05, 0) is 25.7 Å². The van der Waals surface area contributed by atoms with E-state index in [-0.39, 0.29) is 6.04 Å². The smallest absolute Gasteiger partial charge is 0.396 e. The van der Waals surface area contributed by atoms with Gasteiger partial charge in [0, 0.05) is 12.6 Å². The Morgan fingerprint density at radius 2 is 2.00 bits per heavy atom. The van der Waals surface area contributed by atoms with E-state index in [4.69, 9.17) is 0 Å². The van der Waals surface area contributed by atoms with Gasteiger partial charge in [-0.1, -0.05) is 6.92 Å². The van der Waals surface area contributed by atoms with Crippen molar-refractivity contribution in [3.63, 3.8) is 0 Å². The lowest BCUT2D eigenvalue weighted by molar-refractivity contribution is -0.160. The zero-order valence-electron chi connectivity index (χ0n) is 8.95. The minimum absolute atomic E-state index is 0.135. The zero-order valence-corrected chi connectivity index (χ0v) is 8.95. The monoisotopic (exact) mass is 199 g/mol. The molecule has 2 unspecified atom stereocenters. The van der Waals surface area contributed by atoms with Crippen molar-refractivity contribution in [1.29, 1.82) is 0 Å². The van der Waals surface area contributed by atoms with Crippen LogP contribution in [0.3, 0.4) is 0 Å². The molecule has 0 aromatic carbocycles. The number of ether oxygens (including phenoxy) is 1. The number of carbonyl (C=O) groups excluding carboxylic acids is 2. The minimum Gasteiger partial charge on any atom is -0.462 e. The lowest BCUT2D eigenvalue weighted by Gasteiger charge is -2.36. The highest BCUT2D eigenvalue weighted by atomic mass is 16.5. The minimum atomic E-state index is -0.758. The van der Waals surface area contributed by atoms with Crippen LogP contribution in [0.4, 0.5) is 0 Å². The molecule has 0 aliphatic carbocycles. The van der Waals surface area contributed by atoms with Gasteiger partial charge in [-0.3, -0.25) is 4.79 Å². The van der Waals surface area contributed by atoms with Crippen molar-refractivity contribution in [2.45, 2.75) is 32.7 Å². The number of hydrogen-bond donors (Lipinski definition) is 0. The van der Waals surface area contributed by atoms with Crippen LogP contribution in [0, 0.1) is 5.92 Å². The van der Waals surface area contributed by atoms with Crippen molar-refractivity contribution in [2.75, 3.05) is 13.7 Å². The third-order valence-electron chi connectivity index (χ3n) is 2.99. The Morgan fingerprint density at radius 1 is 1.36 bits per heavy atom. The Bertz CT molecular complexity index is 240. The number of esters is 1. The molecule has 80 valence electrons. The lowest BCUT2D eigenvalue weighted by atomic mass is 9.92. The molecular formula is C10H17NO3. The van der Waals surface area contributed by atoms with Crippen LogP contribution in [0.25, 0.3) is 0 Å². The number of amides is 1. The molecule has 0 aromatic rings. The fraction of sp³-hybridized carbons (Fsp3) is 0.800. The van der Waals surface area contributed by atoms with Gasteiger partial charge in [0.15, 0.2) is 0 Å². The Kier molecular flexibility index (Phi) is 3.49. The molecule has 1 aliphatic heterocycles. The highest BCUT2D eigenvalue weighted by Gasteiger charge is 2.32. The molecule has 1 heterocycles. The van der Waals surface area contributed by atoms with Crippen LogP contribution >= 0.6 is 0 Å². The van der Waals surface area contributed by atoms with Gasteiger partial charge in [-0.15, -0.1) is 0 Å². The average molecular weight is 199 g/mol. The van der Waals surface area contributed by atoms with E-state index < -0.39 is 11.9 Å². The SMILES string of the molecule is COC(=O)C(=O)N1CCCC(C)C1C. The second-order valence-corrected chi connectivity index (χ2v) is 3.85. The van der Waals surface area contributed by atoms with Crippen LogP contribution in [0.1, 0.15) is 26.7 Å². The molecule has 0 bridgehead atoms. The number of rotatable bonds is 0. The number of likely N-dealkylation sites (tertiary alicyclic amines) is 1. The van der Waals surface area contributed by atoms with Gasteiger partial charge in [0.05, 0.1) is 7.11 Å². The van der Waals surface area contributed by atoms with Crippen molar-refractivity contribution in [3.05, 3.63) is 0 Å². The summed E-state index contributed by atoms with van der Waals surface area (Å²) < 4.78 is 4.42. The maximum absolute atomic E-state index is 11.5. The second kappa shape index (κ2) is 4.44. The van der Waals surface area contributed by atoms with E-state index >= 15 is 0 Å². The molecule has 1 amide bonds. The Hall–Kier alpha value is -1.06. The van der Waals surface area contributed by atoms with Gasteiger partial charge in [0.2, 0.25) is 0 Å². The number of piperidine rings is 1. The molecule has 0 radical (unpaired) electrons. The molecular weight excluding hydrogens is 182 g/mol. The standard InChI is InChI=1S/C10H17NO3/c1-7-5-4-6-11(8(7)2)9(12)10(13)14-3/h7-8H,4-6H2,1-3H3. The highest BCUT2D eigenvalue weighted by Crippen LogP contribution is 2.22. The Balaban J connectivity index is 2.66. The van der Waals surface area contributed by atoms with E-state index in [0.717, 1.165) is 12.8 Å². The summed E-state index contributed by atoms with van der Waals surface area (Å²) in [4.78, 5) is 24.2. The highest BCUT2D eigenvalue weighted by molar-refractivity contribution is 6.32. The number of methoxy groups -OCH3 is 1. The number of nitrogens with zero attached hydrogens (tertiary/aromatic N) is 1. The van der Waals surface area contributed by atoms with Crippen molar-refractivity contribution >= 4 is 11.9 Å². The van der Waals surface area contributed by atoms with Crippen molar-refractivity contribution in [2.24, 2.45) is 5.92 Å². The van der Waals surface area contributed by atoms with E-state index in [1.165, 1.54) is 7.11 Å². The van der Waals surface area contributed by atoms with Crippen molar-refractivity contribution in [1.82, 2.24) is 4.90 Å². The fourth-order valence-electron chi connectivity index (χ4n) is 1.83. The van der Waals surface area contributed by atoms with Crippen LogP contribution < -0.4 is 0 Å². The van der Waals surface area contributed by atoms with Gasteiger partial charge in [0.25, 0.3) is 0 Å². The van der Waals surface area contributed by atoms with Crippen LogP contribution in [0.15, 0.2) is 0 Å². The van der Waals surface area contributed by atoms with Crippen LogP contribution in [0.2, 0.25) is 0 Å². The maximum Gasteiger partial charge on any atom is 0.396 e. The largest absolute Gasteiger partial charge is 0.462 e. The van der Waals surface area contributed by atoms with Gasteiger partial charge in [0.1, 0.15) is 0 Å². The van der Waals surface area contributed by atoms with Gasteiger partial charge in [-0.2, -0.15) is 0 Å². The summed E-state index contributed by atoms with van der Waals surface area (Å²) in [5.41, 5.74) is 0. The quantitative estimate of drug-likeness (QED) is 0.428. The molecule has 14 heavy (non-hydrogen) atoms. The first-order valence-corrected chi connectivity index (χ1v) is 4.96. The maximum atomic E-state index is 11.5. The molecule has 1 fully saturated rings. The van der Waals surface area contributed by atoms with Crippen LogP contribution in [-0.2, 0) is 14.3 Å². The first-order valence-electron chi connectivity index (χ1n) is 4.96. The van der Waals surface area contributed by atoms with E-state index in [9.17, 15) is 9.59 Å². The van der Waals surface area contributed by atoms with E-state index in [1.807, 2.05) is 6.92 Å². The average Bonchev–Trinajstić information content (AvgIpc) is 2.20.